The molecule has 0 radical (unpaired) electrons. The van der Waals surface area contributed by atoms with E-state index in [1.165, 1.54) is 4.90 Å². The number of esters is 1. The number of nitrogens with zero attached hydrogens (tertiary/aromatic N) is 1. The molecule has 33 heavy (non-hydrogen) atoms. The van der Waals surface area contributed by atoms with Crippen LogP contribution >= 0.6 is 15.9 Å². The number of ether oxygens (including phenoxy) is 3. The molecular formula is C23H29BrN2O7. The molecule has 0 saturated carbocycles. The van der Waals surface area contributed by atoms with Crippen LogP contribution in [0.1, 0.15) is 26.2 Å². The number of nitrogens with one attached hydrogen (secondary N) is 1. The topological polar surface area (TPSA) is 114 Å². The van der Waals surface area contributed by atoms with Crippen LogP contribution in [-0.2, 0) is 23.9 Å². The number of alkyl halides is 1. The maximum absolute atomic E-state index is 13.6. The summed E-state index contributed by atoms with van der Waals surface area (Å²) in [6, 6.07) is 6.01. The van der Waals surface area contributed by atoms with Gasteiger partial charge in [-0.25, -0.2) is 0 Å². The average molecular weight is 525 g/mol. The molecule has 4 rings (SSSR count). The summed E-state index contributed by atoms with van der Waals surface area (Å²) < 4.78 is 16.8. The molecule has 3 aliphatic heterocycles. The van der Waals surface area contributed by atoms with Crippen LogP contribution in [0.25, 0.3) is 0 Å². The standard InChI is InChI=1S/C23H29BrN2O7/c1-3-32-22(30)16-17-21(29)26(10-4-5-11-27)19(23(17)12-15(24)18(16)33-23)20(28)25-13-6-8-14(31-2)9-7-13/h6-9,15-19,27H,3-5,10-12H2,1-2H3,(H,25,28)/t15?,16-,17+,18-,19-,23+/m1/s1. The molecule has 3 saturated heterocycles. The van der Waals surface area contributed by atoms with Gasteiger partial charge in [-0.3, -0.25) is 14.4 Å². The molecule has 3 heterocycles. The Balaban J connectivity index is 1.67. The third-order valence-electron chi connectivity index (χ3n) is 6.76. The minimum absolute atomic E-state index is 0.00713. The van der Waals surface area contributed by atoms with E-state index in [1.807, 2.05) is 0 Å². The van der Waals surface area contributed by atoms with Crippen molar-refractivity contribution in [2.75, 3.05) is 32.2 Å². The minimum Gasteiger partial charge on any atom is -0.497 e. The number of benzene rings is 1. The Morgan fingerprint density at radius 2 is 2.03 bits per heavy atom. The Kier molecular flexibility index (Phi) is 6.97. The predicted octanol–water partition coefficient (Wildman–Crippen LogP) is 1.72. The lowest BCUT2D eigenvalue weighted by Gasteiger charge is -2.34. The normalized spacial score (nSPS) is 32.1. The van der Waals surface area contributed by atoms with Crippen LogP contribution < -0.4 is 10.1 Å². The van der Waals surface area contributed by atoms with E-state index >= 15 is 0 Å². The molecule has 3 aliphatic rings. The van der Waals surface area contributed by atoms with Crippen molar-refractivity contribution in [2.45, 2.75) is 48.8 Å². The lowest BCUT2D eigenvalue weighted by atomic mass is 9.70. The highest BCUT2D eigenvalue weighted by atomic mass is 79.9. The van der Waals surface area contributed by atoms with E-state index in [0.717, 1.165) is 0 Å². The summed E-state index contributed by atoms with van der Waals surface area (Å²) >= 11 is 3.61. The van der Waals surface area contributed by atoms with Gasteiger partial charge < -0.3 is 29.5 Å². The van der Waals surface area contributed by atoms with Crippen LogP contribution in [0, 0.1) is 11.8 Å². The van der Waals surface area contributed by atoms with Gasteiger partial charge in [0.15, 0.2) is 0 Å². The van der Waals surface area contributed by atoms with Crippen LogP contribution in [-0.4, -0.2) is 77.2 Å². The summed E-state index contributed by atoms with van der Waals surface area (Å²) in [5, 5.41) is 12.1. The molecule has 2 bridgehead atoms. The van der Waals surface area contributed by atoms with E-state index < -0.39 is 35.6 Å². The monoisotopic (exact) mass is 524 g/mol. The van der Waals surface area contributed by atoms with Crippen molar-refractivity contribution >= 4 is 39.4 Å². The molecule has 2 N–H and O–H groups in total. The number of fused-ring (bicyclic) bond motifs is 1. The maximum atomic E-state index is 13.6. The second-order valence-electron chi connectivity index (χ2n) is 8.60. The van der Waals surface area contributed by atoms with Gasteiger partial charge in [-0.05, 0) is 50.5 Å². The van der Waals surface area contributed by atoms with Crippen molar-refractivity contribution in [2.24, 2.45) is 11.8 Å². The first-order chi connectivity index (χ1) is 15.9. The number of carbonyl (C=O) groups excluding carboxylic acids is 3. The molecular weight excluding hydrogens is 496 g/mol. The first kappa shape index (κ1) is 24.0. The summed E-state index contributed by atoms with van der Waals surface area (Å²) in [4.78, 5) is 41.4. The van der Waals surface area contributed by atoms with E-state index in [-0.39, 0.29) is 36.4 Å². The summed E-state index contributed by atoms with van der Waals surface area (Å²) in [6.45, 7) is 2.20. The molecule has 3 fully saturated rings. The summed E-state index contributed by atoms with van der Waals surface area (Å²) in [5.74, 6) is -2.01. The van der Waals surface area contributed by atoms with E-state index in [4.69, 9.17) is 14.2 Å². The Morgan fingerprint density at radius 1 is 1.30 bits per heavy atom. The number of hydrogen-bond donors (Lipinski definition) is 2. The van der Waals surface area contributed by atoms with Crippen LogP contribution in [0.15, 0.2) is 24.3 Å². The molecule has 1 unspecified atom stereocenters. The largest absolute Gasteiger partial charge is 0.497 e. The smallest absolute Gasteiger partial charge is 0.312 e. The highest BCUT2D eigenvalue weighted by Crippen LogP contribution is 2.60. The number of amides is 2. The number of methoxy groups -OCH3 is 1. The number of anilines is 1. The maximum Gasteiger partial charge on any atom is 0.312 e. The average Bonchev–Trinajstić information content (AvgIpc) is 3.38. The number of unbranched alkanes of at least 4 members (excludes halogenated alkanes) is 1. The van der Waals surface area contributed by atoms with Gasteiger partial charge in [0.05, 0.1) is 31.7 Å². The predicted molar refractivity (Wildman–Crippen MR) is 122 cm³/mol. The molecule has 1 spiro atoms. The fourth-order valence-electron chi connectivity index (χ4n) is 5.46. The fraction of sp³-hybridized carbons (Fsp3) is 0.609. The summed E-state index contributed by atoms with van der Waals surface area (Å²) in [5.41, 5.74) is -0.559. The zero-order valence-corrected chi connectivity index (χ0v) is 20.2. The van der Waals surface area contributed by atoms with Crippen LogP contribution in [0.4, 0.5) is 5.69 Å². The number of aliphatic hydroxyl groups is 1. The van der Waals surface area contributed by atoms with Crippen LogP contribution in [0.3, 0.4) is 0 Å². The fourth-order valence-corrected chi connectivity index (χ4v) is 6.40. The van der Waals surface area contributed by atoms with Crippen molar-refractivity contribution in [3.63, 3.8) is 0 Å². The molecule has 6 atom stereocenters. The van der Waals surface area contributed by atoms with Gasteiger partial charge in [0.25, 0.3) is 0 Å². The van der Waals surface area contributed by atoms with E-state index in [0.29, 0.717) is 30.7 Å². The lowest BCUT2D eigenvalue weighted by Crippen LogP contribution is -2.54. The number of hydrogen-bond acceptors (Lipinski definition) is 7. The molecule has 180 valence electrons. The van der Waals surface area contributed by atoms with E-state index in [9.17, 15) is 19.5 Å². The highest BCUT2D eigenvalue weighted by Gasteiger charge is 2.76. The molecule has 1 aromatic rings. The SMILES string of the molecule is CCOC(=O)[C@H]1[C@@H]2O[C@@]3(CC2Br)[C@@H]1C(=O)N(CCCCO)[C@@H]3C(=O)Nc1ccc(OC)cc1. The van der Waals surface area contributed by atoms with Crippen LogP contribution in [0.2, 0.25) is 0 Å². The Bertz CT molecular complexity index is 911. The number of likely N-dealkylation sites (tertiary alicyclic amines) is 1. The Morgan fingerprint density at radius 3 is 2.67 bits per heavy atom. The Labute approximate surface area is 200 Å². The Hall–Kier alpha value is -2.17. The first-order valence-corrected chi connectivity index (χ1v) is 12.1. The number of carbonyl (C=O) groups is 3. The second-order valence-corrected chi connectivity index (χ2v) is 9.77. The number of halogens is 1. The van der Waals surface area contributed by atoms with Gasteiger partial charge in [-0.1, -0.05) is 15.9 Å². The highest BCUT2D eigenvalue weighted by molar-refractivity contribution is 9.09. The second kappa shape index (κ2) is 9.60. The van der Waals surface area contributed by atoms with Crippen molar-refractivity contribution < 1.29 is 33.7 Å². The van der Waals surface area contributed by atoms with E-state index in [1.54, 1.807) is 38.3 Å². The molecule has 0 aromatic heterocycles. The number of aliphatic hydroxyl groups excluding tert-OH is 1. The molecule has 2 amide bonds. The van der Waals surface area contributed by atoms with Gasteiger partial charge in [0, 0.05) is 23.7 Å². The quantitative estimate of drug-likeness (QED) is 0.287. The van der Waals surface area contributed by atoms with Gasteiger partial charge in [0.1, 0.15) is 17.4 Å². The van der Waals surface area contributed by atoms with E-state index in [2.05, 4.69) is 21.2 Å². The summed E-state index contributed by atoms with van der Waals surface area (Å²) in [6.07, 6.45) is 0.929. The zero-order chi connectivity index (χ0) is 23.8. The van der Waals surface area contributed by atoms with Gasteiger partial charge in [-0.2, -0.15) is 0 Å². The number of rotatable bonds is 9. The van der Waals surface area contributed by atoms with Crippen LogP contribution in [0.5, 0.6) is 5.75 Å². The molecule has 9 nitrogen and oxygen atoms in total. The van der Waals surface area contributed by atoms with Crippen molar-refractivity contribution in [3.05, 3.63) is 24.3 Å². The minimum atomic E-state index is -1.12. The molecule has 0 aliphatic carbocycles. The van der Waals surface area contributed by atoms with Crippen molar-refractivity contribution in [1.29, 1.82) is 0 Å². The van der Waals surface area contributed by atoms with Gasteiger partial charge >= 0.3 is 5.97 Å². The van der Waals surface area contributed by atoms with Crippen molar-refractivity contribution in [3.8, 4) is 5.75 Å². The third-order valence-corrected chi connectivity index (χ3v) is 7.61. The first-order valence-electron chi connectivity index (χ1n) is 11.2. The molecule has 10 heteroatoms. The molecule has 1 aromatic carbocycles. The van der Waals surface area contributed by atoms with Crippen molar-refractivity contribution in [1.82, 2.24) is 4.90 Å². The lowest BCUT2D eigenvalue weighted by molar-refractivity contribution is -0.154. The van der Waals surface area contributed by atoms with Gasteiger partial charge in [-0.15, -0.1) is 0 Å². The summed E-state index contributed by atoms with van der Waals surface area (Å²) in [7, 11) is 1.56. The zero-order valence-electron chi connectivity index (χ0n) is 18.7. The van der Waals surface area contributed by atoms with Gasteiger partial charge in [0.2, 0.25) is 11.8 Å². The third kappa shape index (κ3) is 4.02.